The smallest absolute Gasteiger partial charge is 0.318 e. The van der Waals surface area contributed by atoms with Crippen LogP contribution in [0.15, 0.2) is 42.6 Å². The summed E-state index contributed by atoms with van der Waals surface area (Å²) in [6, 6.07) is 8.30. The summed E-state index contributed by atoms with van der Waals surface area (Å²) < 4.78 is 42.6. The van der Waals surface area contributed by atoms with Crippen molar-refractivity contribution in [3.63, 3.8) is 0 Å². The van der Waals surface area contributed by atoms with Crippen LogP contribution in [0.2, 0.25) is 0 Å². The van der Waals surface area contributed by atoms with Crippen molar-refractivity contribution >= 4 is 33.3 Å². The zero-order valence-electron chi connectivity index (χ0n) is 22.7. The fraction of sp³-hybridized carbons (Fsp3) is 0.200. The van der Waals surface area contributed by atoms with Gasteiger partial charge in [0.05, 0.1) is 24.8 Å². The van der Waals surface area contributed by atoms with E-state index >= 15 is 4.39 Å². The summed E-state index contributed by atoms with van der Waals surface area (Å²) in [6.07, 6.45) is 6.83. The highest BCUT2D eigenvalue weighted by Gasteiger charge is 2.26. The molecule has 0 fully saturated rings. The third-order valence-electron chi connectivity index (χ3n) is 6.40. The molecule has 5 aromatic rings. The summed E-state index contributed by atoms with van der Waals surface area (Å²) in [5.41, 5.74) is 6.28. The highest BCUT2D eigenvalue weighted by molar-refractivity contribution is 6.04. The number of aromatic hydroxyl groups is 1. The summed E-state index contributed by atoms with van der Waals surface area (Å²) in [6.45, 7) is 5.40. The minimum atomic E-state index is -0.882. The number of halogens is 2. The number of nitrogen functional groups attached to an aromatic ring is 1. The van der Waals surface area contributed by atoms with Crippen molar-refractivity contribution < 1.29 is 23.4 Å². The van der Waals surface area contributed by atoms with E-state index in [0.29, 0.717) is 16.8 Å². The van der Waals surface area contributed by atoms with Crippen molar-refractivity contribution in [2.45, 2.75) is 32.9 Å². The number of nitrogens with one attached hydrogen (secondary N) is 1. The number of hydrogen-bond donors (Lipinski definition) is 3. The molecule has 0 aliphatic heterocycles. The van der Waals surface area contributed by atoms with Crippen molar-refractivity contribution in [1.29, 1.82) is 0 Å². The molecule has 9 nitrogen and oxygen atoms in total. The van der Waals surface area contributed by atoms with E-state index < -0.39 is 17.7 Å². The summed E-state index contributed by atoms with van der Waals surface area (Å²) >= 11 is 0. The van der Waals surface area contributed by atoms with Crippen molar-refractivity contribution in [2.24, 2.45) is 0 Å². The first-order chi connectivity index (χ1) is 19.6. The van der Waals surface area contributed by atoms with E-state index in [-0.39, 0.29) is 62.7 Å². The summed E-state index contributed by atoms with van der Waals surface area (Å²) in [5.74, 6) is 1.07. The number of phenols is 1. The topological polar surface area (TPSA) is 128 Å². The van der Waals surface area contributed by atoms with E-state index in [9.17, 15) is 9.50 Å². The average Bonchev–Trinajstić information content (AvgIpc) is 2.94. The van der Waals surface area contributed by atoms with Gasteiger partial charge >= 0.3 is 6.01 Å². The molecule has 0 amide bonds. The van der Waals surface area contributed by atoms with Crippen LogP contribution in [0, 0.1) is 24.0 Å². The van der Waals surface area contributed by atoms with Gasteiger partial charge in [-0.2, -0.15) is 9.97 Å². The molecule has 0 aliphatic rings. The maximum absolute atomic E-state index is 16.5. The van der Waals surface area contributed by atoms with Gasteiger partial charge < -0.3 is 25.6 Å². The lowest BCUT2D eigenvalue weighted by Gasteiger charge is -2.21. The van der Waals surface area contributed by atoms with Crippen molar-refractivity contribution in [1.82, 2.24) is 19.9 Å². The van der Waals surface area contributed by atoms with Gasteiger partial charge in [-0.3, -0.25) is 0 Å². The van der Waals surface area contributed by atoms with Crippen LogP contribution in [0.3, 0.4) is 0 Å². The third kappa shape index (κ3) is 4.96. The molecule has 1 atom stereocenters. The number of hydrogen-bond acceptors (Lipinski definition) is 9. The molecule has 0 spiro atoms. The Morgan fingerprint density at radius 2 is 1.85 bits per heavy atom. The van der Waals surface area contributed by atoms with Crippen LogP contribution < -0.4 is 20.5 Å². The Labute approximate surface area is 234 Å². The van der Waals surface area contributed by atoms with Gasteiger partial charge in [0.25, 0.3) is 0 Å². The van der Waals surface area contributed by atoms with E-state index in [0.717, 1.165) is 0 Å². The van der Waals surface area contributed by atoms with E-state index in [2.05, 4.69) is 31.2 Å². The predicted molar refractivity (Wildman–Crippen MR) is 153 cm³/mol. The molecular formula is C30H26F2N6O3. The van der Waals surface area contributed by atoms with Crippen LogP contribution in [-0.4, -0.2) is 38.3 Å². The molecule has 0 saturated heterocycles. The van der Waals surface area contributed by atoms with Crippen molar-refractivity contribution in [3.8, 4) is 41.2 Å². The number of ether oxygens (including phenoxy) is 2. The van der Waals surface area contributed by atoms with Gasteiger partial charge in [0, 0.05) is 22.7 Å². The summed E-state index contributed by atoms with van der Waals surface area (Å²) in [5, 5.41) is 14.4. The lowest BCUT2D eigenvalue weighted by molar-refractivity contribution is 0.236. The molecule has 11 heteroatoms. The Hall–Kier alpha value is -5.24. The zero-order chi connectivity index (χ0) is 29.4. The highest BCUT2D eigenvalue weighted by atomic mass is 19.1. The number of terminal acetylenes is 1. The first-order valence-corrected chi connectivity index (χ1v) is 12.6. The van der Waals surface area contributed by atoms with Gasteiger partial charge in [-0.05, 0) is 50.4 Å². The van der Waals surface area contributed by atoms with Gasteiger partial charge in [-0.25, -0.2) is 18.7 Å². The molecule has 0 radical (unpaired) electrons. The van der Waals surface area contributed by atoms with Crippen LogP contribution in [0.4, 0.5) is 20.4 Å². The number of anilines is 2. The Morgan fingerprint density at radius 3 is 2.54 bits per heavy atom. The number of nitrogens with two attached hydrogens (primary N) is 1. The van der Waals surface area contributed by atoms with Crippen LogP contribution in [0.25, 0.3) is 32.9 Å². The maximum Gasteiger partial charge on any atom is 0.318 e. The zero-order valence-corrected chi connectivity index (χ0v) is 22.7. The van der Waals surface area contributed by atoms with E-state index in [1.165, 1.54) is 31.4 Å². The molecule has 3 aromatic heterocycles. The second-order valence-electron chi connectivity index (χ2n) is 9.53. The van der Waals surface area contributed by atoms with E-state index in [4.69, 9.17) is 21.6 Å². The van der Waals surface area contributed by atoms with E-state index in [1.807, 2.05) is 6.92 Å². The van der Waals surface area contributed by atoms with Crippen molar-refractivity contribution in [3.05, 3.63) is 65.4 Å². The minimum absolute atomic E-state index is 0.00179. The number of fused-ring (bicyclic) bond motifs is 2. The minimum Gasteiger partial charge on any atom is -0.508 e. The van der Waals surface area contributed by atoms with Crippen LogP contribution in [0.5, 0.6) is 17.6 Å². The van der Waals surface area contributed by atoms with Crippen LogP contribution in [0.1, 0.15) is 37.9 Å². The highest BCUT2D eigenvalue weighted by Crippen LogP contribution is 2.42. The number of methoxy groups -OCH3 is 1. The molecule has 0 aliphatic carbocycles. The molecule has 4 N–H and O–H groups in total. The van der Waals surface area contributed by atoms with Gasteiger partial charge in [0.1, 0.15) is 39.8 Å². The number of rotatable bonds is 7. The largest absolute Gasteiger partial charge is 0.508 e. The SMILES string of the molecule is C#Cc1c(F)ccc2cc(O)cc(-c3nc(OC(C)C)c4c(NC(C)c5cccnc5N)nc(OC)nc4c3F)c12. The molecule has 1 unspecified atom stereocenters. The molecule has 0 saturated carbocycles. The van der Waals surface area contributed by atoms with E-state index in [1.54, 1.807) is 32.2 Å². The molecule has 0 bridgehead atoms. The third-order valence-corrected chi connectivity index (χ3v) is 6.40. The first kappa shape index (κ1) is 27.3. The molecule has 5 rings (SSSR count). The Kier molecular flexibility index (Phi) is 7.15. The number of benzene rings is 2. The average molecular weight is 557 g/mol. The predicted octanol–water partition coefficient (Wildman–Crippen LogP) is 5.76. The van der Waals surface area contributed by atoms with Crippen LogP contribution in [-0.2, 0) is 0 Å². The monoisotopic (exact) mass is 556 g/mol. The molecule has 3 heterocycles. The molecular weight excluding hydrogens is 530 g/mol. The second-order valence-corrected chi connectivity index (χ2v) is 9.53. The number of nitrogens with zero attached hydrogens (tertiary/aromatic N) is 4. The fourth-order valence-electron chi connectivity index (χ4n) is 4.63. The van der Waals surface area contributed by atoms with Gasteiger partial charge in [0.15, 0.2) is 5.82 Å². The van der Waals surface area contributed by atoms with Gasteiger partial charge in [0.2, 0.25) is 5.88 Å². The lowest BCUT2D eigenvalue weighted by Crippen LogP contribution is -2.14. The first-order valence-electron chi connectivity index (χ1n) is 12.6. The number of aromatic nitrogens is 4. The normalized spacial score (nSPS) is 12.0. The summed E-state index contributed by atoms with van der Waals surface area (Å²) in [4.78, 5) is 17.4. The molecule has 41 heavy (non-hydrogen) atoms. The van der Waals surface area contributed by atoms with Crippen LogP contribution >= 0.6 is 0 Å². The molecule has 208 valence electrons. The Morgan fingerprint density at radius 1 is 1.07 bits per heavy atom. The van der Waals surface area contributed by atoms with Crippen molar-refractivity contribution in [2.75, 3.05) is 18.2 Å². The maximum atomic E-state index is 16.5. The quantitative estimate of drug-likeness (QED) is 0.214. The summed E-state index contributed by atoms with van der Waals surface area (Å²) in [7, 11) is 1.35. The standard InChI is InChI=1S/C30H26F2N6O3/c1-6-18-21(31)10-9-16-12-17(39)13-20(22(16)18)25-24(32)26-23(29(36-25)41-14(2)3)28(38-30(37-26)40-5)35-15(4)19-8-7-11-34-27(19)33/h1,7-15,39H,2-5H3,(H2,33,34)(H,35,37,38). The van der Waals surface area contributed by atoms with Gasteiger partial charge in [-0.1, -0.05) is 18.1 Å². The fourth-order valence-corrected chi connectivity index (χ4v) is 4.63. The molecule has 2 aromatic carbocycles. The Bertz CT molecular complexity index is 1860. The lowest BCUT2D eigenvalue weighted by atomic mass is 9.95. The number of phenolic OH excluding ortho intramolecular Hbond substituents is 1. The Balaban J connectivity index is 1.83. The van der Waals surface area contributed by atoms with Gasteiger partial charge in [-0.15, -0.1) is 6.42 Å². The number of pyridine rings is 2. The second kappa shape index (κ2) is 10.7.